The van der Waals surface area contributed by atoms with Gasteiger partial charge in [0.15, 0.2) is 11.4 Å². The molecule has 28 heteroatoms. The maximum Gasteiger partial charge on any atom is 0.509 e. The van der Waals surface area contributed by atoms with Crippen LogP contribution in [0.3, 0.4) is 0 Å². The third-order valence-electron chi connectivity index (χ3n) is 22.1. The van der Waals surface area contributed by atoms with E-state index in [0.29, 0.717) is 24.8 Å². The quantitative estimate of drug-likeness (QED) is 0.00963. The van der Waals surface area contributed by atoms with Crippen molar-refractivity contribution >= 4 is 77.1 Å². The summed E-state index contributed by atoms with van der Waals surface area (Å²) in [5, 5.41) is 49.6. The summed E-state index contributed by atoms with van der Waals surface area (Å²) in [4.78, 5) is 168. The Morgan fingerprint density at radius 3 is 2.07 bits per heavy atom. The number of imide groups is 1. The summed E-state index contributed by atoms with van der Waals surface area (Å²) in [6, 6.07) is 18.6. The summed E-state index contributed by atoms with van der Waals surface area (Å²) >= 11 is 0. The Balaban J connectivity index is 0.998. The van der Waals surface area contributed by atoms with E-state index in [9.17, 15) is 63.3 Å². The van der Waals surface area contributed by atoms with Crippen molar-refractivity contribution in [2.24, 2.45) is 39.7 Å². The van der Waals surface area contributed by atoms with Gasteiger partial charge in [0.05, 0.1) is 41.9 Å². The highest BCUT2D eigenvalue weighted by Gasteiger charge is 2.78. The van der Waals surface area contributed by atoms with Crippen LogP contribution in [-0.2, 0) is 82.9 Å². The normalized spacial score (nSPS) is 25.5. The molecule has 7 amide bonds. The van der Waals surface area contributed by atoms with E-state index in [-0.39, 0.29) is 103 Å². The maximum atomic E-state index is 15.5. The molecular weight excluding hydrogens is 1400 g/mol. The van der Waals surface area contributed by atoms with Crippen molar-refractivity contribution in [1.29, 1.82) is 0 Å². The number of Topliss-reactive ketones (excluding diaryl/α,β-unsaturated/α-hetero) is 1. The molecule has 28 nitrogen and oxygen atoms in total. The number of ether oxygens (including phenoxy) is 7. The molecule has 2 saturated heterocycles. The molecule has 0 radical (unpaired) electrons. The average Bonchev–Trinajstić information content (AvgIpc) is 0.795. The number of unbranched alkanes of at least 4 members (excludes halogenated alkanes) is 3. The molecule has 5 aliphatic rings. The van der Waals surface area contributed by atoms with Crippen LogP contribution in [-0.4, -0.2) is 177 Å². The van der Waals surface area contributed by atoms with E-state index in [0.717, 1.165) is 26.2 Å². The largest absolute Gasteiger partial charge is 0.509 e. The minimum Gasteiger partial charge on any atom is -0.460 e. The first-order chi connectivity index (χ1) is 50.7. The second kappa shape index (κ2) is 35.1. The van der Waals surface area contributed by atoms with E-state index >= 15 is 9.59 Å². The van der Waals surface area contributed by atoms with Crippen LogP contribution in [0.15, 0.2) is 96.1 Å². The van der Waals surface area contributed by atoms with E-state index in [1.165, 1.54) is 69.0 Å². The number of carbonyl (C=O) groups is 12. The molecule has 2 aliphatic heterocycles. The third-order valence-corrected chi connectivity index (χ3v) is 22.1. The van der Waals surface area contributed by atoms with Gasteiger partial charge in [0.1, 0.15) is 54.3 Å². The Bertz CT molecular complexity index is 3840. The van der Waals surface area contributed by atoms with Crippen LogP contribution in [0.4, 0.5) is 15.3 Å². The second-order valence-electron chi connectivity index (χ2n) is 32.0. The van der Waals surface area contributed by atoms with Gasteiger partial charge in [0.2, 0.25) is 35.6 Å². The fraction of sp³-hybridized carbons (Fsp3) is 0.600. The fourth-order valence-corrected chi connectivity index (χ4v) is 16.0. The first-order valence-corrected chi connectivity index (χ1v) is 37.3. The van der Waals surface area contributed by atoms with Crippen LogP contribution in [0.1, 0.15) is 201 Å². The molecule has 2 heterocycles. The molecule has 3 aliphatic carbocycles. The number of nitrogens with one attached hydrogen (secondary N) is 4. The lowest BCUT2D eigenvalue weighted by Gasteiger charge is -2.67. The van der Waals surface area contributed by atoms with Crippen molar-refractivity contribution in [2.45, 2.75) is 252 Å². The van der Waals surface area contributed by atoms with Crippen molar-refractivity contribution in [2.75, 3.05) is 25.0 Å². The number of rotatable bonds is 32. The lowest BCUT2D eigenvalue weighted by molar-refractivity contribution is -0.346. The van der Waals surface area contributed by atoms with Crippen LogP contribution in [0.5, 0.6) is 0 Å². The predicted molar refractivity (Wildman–Crippen MR) is 391 cm³/mol. The second-order valence-corrected chi connectivity index (χ2v) is 32.0. The van der Waals surface area contributed by atoms with Crippen molar-refractivity contribution in [3.63, 3.8) is 0 Å². The monoisotopic (exact) mass is 1500 g/mol. The van der Waals surface area contributed by atoms with Crippen LogP contribution in [0, 0.1) is 34.0 Å². The highest BCUT2D eigenvalue weighted by atomic mass is 16.7. The molecule has 1 unspecified atom stereocenters. The number of nitrogens with two attached hydrogens (primary N) is 1. The predicted octanol–water partition coefficient (Wildman–Crippen LogP) is 8.03. The van der Waals surface area contributed by atoms with E-state index < -0.39 is 173 Å². The molecule has 3 aromatic carbocycles. The van der Waals surface area contributed by atoms with Crippen LogP contribution in [0.2, 0.25) is 0 Å². The number of likely N-dealkylation sites (tertiary alicyclic amines) is 1. The average molecular weight is 1510 g/mol. The van der Waals surface area contributed by atoms with Crippen LogP contribution in [0.25, 0.3) is 0 Å². The molecule has 8 rings (SSSR count). The Labute approximate surface area is 630 Å². The Hall–Kier alpha value is -9.12. The smallest absolute Gasteiger partial charge is 0.460 e. The Kier molecular flexibility index (Phi) is 27.4. The van der Waals surface area contributed by atoms with Gasteiger partial charge in [0, 0.05) is 62.7 Å². The minimum atomic E-state index is -2.53. The lowest BCUT2D eigenvalue weighted by Crippen LogP contribution is -2.81. The third kappa shape index (κ3) is 19.1. The zero-order chi connectivity index (χ0) is 79.6. The molecule has 3 aromatic rings. The molecule has 590 valence electrons. The number of anilines is 1. The Morgan fingerprint density at radius 1 is 0.815 bits per heavy atom. The number of hydrogen-bond acceptors (Lipinski definition) is 22. The number of aliphatic hydroxyl groups is 3. The number of nitrogens with zero attached hydrogens (tertiary/aromatic N) is 1. The number of aliphatic hydroxyl groups excluding tert-OH is 2. The molecular formula is C80H108N6O22. The number of fused-ring (bicyclic) bond motifs is 5. The van der Waals surface area contributed by atoms with E-state index in [2.05, 4.69) is 28.2 Å². The van der Waals surface area contributed by atoms with Gasteiger partial charge in [-0.15, -0.1) is 0 Å². The molecule has 2 bridgehead atoms. The number of esters is 4. The maximum absolute atomic E-state index is 15.5. The number of benzene rings is 3. The SMILES string of the molecule is CCCCC(C)(C)C1CC(=O)N(CCCCCC(=O)N[C@H](C(=O)N[C@@H](CCCNC(N)=O)C(=O)Nc2ccc(COC(=O)O[C@@H](C(=O)O[C@H]3C[C@@]4(O)[C@@H](OC(=O)c5ccccc5)[C@@H]5[C@]6(OC(C)=O)CO[C@@H]6C[C@H](O)[C@@]5(C)C(=O)[C@H](O)C(=C3C)C4(C)C)[C@@H](CC(=O)OC(C)(C)C)c3ccccc3)cc2)C(C)C)C1=O. The van der Waals surface area contributed by atoms with Crippen molar-refractivity contribution in [3.8, 4) is 0 Å². The number of primary amides is 1. The minimum absolute atomic E-state index is 0.00915. The Morgan fingerprint density at radius 2 is 1.47 bits per heavy atom. The van der Waals surface area contributed by atoms with Crippen LogP contribution < -0.4 is 27.0 Å². The summed E-state index contributed by atoms with van der Waals surface area (Å²) in [5.74, 6) is -10.9. The van der Waals surface area contributed by atoms with Crippen molar-refractivity contribution in [3.05, 3.63) is 113 Å². The molecule has 14 atom stereocenters. The zero-order valence-electron chi connectivity index (χ0n) is 64.2. The topological polar surface area (TPSA) is 408 Å². The molecule has 108 heavy (non-hydrogen) atoms. The van der Waals surface area contributed by atoms with E-state index in [1.807, 2.05) is 13.8 Å². The standard InChI is InChI=1S/C80H108N6O22/c1-14-15-36-76(9,10)53-40-59(90)86(70(53)96)38-24-18-23-31-58(89)85-62(45(2)3)69(95)84-54(30-25-37-82-73(81)99)68(94)83-51-34-32-48(33-35-51)43-102-74(100)105-64(52(49-26-19-16-20-27-49)39-60(91)108-75(6,7)8)72(98)104-55-42-80(101)67(106-71(97)50-28-21-17-22-29-50)65-78(13,66(93)63(92)61(46(55)4)77(80,11)12)56(88)41-57-79(65,44-103-57)107-47(5)87/h16-17,19-22,26-29,32-35,45,52-57,62-65,67,88,92,101H,14-15,18,23-25,30-31,36-44H2,1-13H3,(H,83,94)(H,84,95)(H,85,89)(H3,81,82,99)/t52-,53?,54-,55-,56-,57+,62-,63+,64+,65-,67-,78+,79-,80+/m0/s1. The fourth-order valence-electron chi connectivity index (χ4n) is 16.0. The van der Waals surface area contributed by atoms with Gasteiger partial charge in [-0.1, -0.05) is 128 Å². The number of amides is 7. The number of hydrogen-bond donors (Lipinski definition) is 8. The molecule has 4 fully saturated rings. The first-order valence-electron chi connectivity index (χ1n) is 37.3. The van der Waals surface area contributed by atoms with Gasteiger partial charge < -0.3 is 75.5 Å². The first kappa shape index (κ1) is 84.5. The molecule has 0 spiro atoms. The number of carbonyl (C=O) groups excluding carboxylic acids is 12. The highest BCUT2D eigenvalue weighted by molar-refractivity contribution is 6.04. The van der Waals surface area contributed by atoms with Crippen LogP contribution >= 0.6 is 0 Å². The van der Waals surface area contributed by atoms with Gasteiger partial charge >= 0.3 is 36.1 Å². The van der Waals surface area contributed by atoms with Gasteiger partial charge in [-0.2, -0.15) is 0 Å². The van der Waals surface area contributed by atoms with Gasteiger partial charge in [0.25, 0.3) is 0 Å². The molecule has 9 N–H and O–H groups in total. The summed E-state index contributed by atoms with van der Waals surface area (Å²) in [7, 11) is 0. The van der Waals surface area contributed by atoms with Crippen molar-refractivity contribution < 1.29 is 106 Å². The van der Waals surface area contributed by atoms with Gasteiger partial charge in [-0.3, -0.25) is 43.3 Å². The van der Waals surface area contributed by atoms with Gasteiger partial charge in [-0.05, 0) is 125 Å². The van der Waals surface area contributed by atoms with E-state index in [4.69, 9.17) is 38.9 Å². The summed E-state index contributed by atoms with van der Waals surface area (Å²) < 4.78 is 42.2. The number of urea groups is 1. The summed E-state index contributed by atoms with van der Waals surface area (Å²) in [6.07, 6.45) is -8.88. The highest BCUT2D eigenvalue weighted by Crippen LogP contribution is 2.64. The summed E-state index contributed by atoms with van der Waals surface area (Å²) in [5.41, 5.74) is -3.63. The number of ketones is 1. The molecule has 2 saturated carbocycles. The van der Waals surface area contributed by atoms with Gasteiger partial charge in [-0.25, -0.2) is 19.2 Å². The van der Waals surface area contributed by atoms with Crippen molar-refractivity contribution in [1.82, 2.24) is 20.9 Å². The van der Waals surface area contributed by atoms with E-state index in [1.54, 1.807) is 83.1 Å². The molecule has 0 aromatic heterocycles. The summed E-state index contributed by atoms with van der Waals surface area (Å²) in [6.45, 7) is 20.8. The zero-order valence-corrected chi connectivity index (χ0v) is 64.2. The lowest BCUT2D eigenvalue weighted by atomic mass is 9.44.